The van der Waals surface area contributed by atoms with Crippen LogP contribution in [0.2, 0.25) is 0 Å². The molecule has 0 aromatic rings. The van der Waals surface area contributed by atoms with Crippen LogP contribution in [0.15, 0.2) is 12.2 Å². The van der Waals surface area contributed by atoms with Gasteiger partial charge in [0.15, 0.2) is 0 Å². The number of aliphatic hydroxyl groups excluding tert-OH is 1. The zero-order chi connectivity index (χ0) is 10.1. The standard InChI is InChI=1S/C12H22O/c1-5-12(4)7-6-10(13)8-11(12)9(2)3/h10-11,13H,2,5-8H2,1,3-4H3/t10-,11+,12-/m0/s1. The number of allylic oxidation sites excluding steroid dienone is 1. The highest BCUT2D eigenvalue weighted by molar-refractivity contribution is 5.06. The van der Waals surface area contributed by atoms with Crippen molar-refractivity contribution >= 4 is 0 Å². The van der Waals surface area contributed by atoms with E-state index in [1.54, 1.807) is 0 Å². The lowest BCUT2D eigenvalue weighted by Crippen LogP contribution is -2.36. The van der Waals surface area contributed by atoms with Crippen molar-refractivity contribution in [3.05, 3.63) is 12.2 Å². The summed E-state index contributed by atoms with van der Waals surface area (Å²) in [5.41, 5.74) is 1.62. The van der Waals surface area contributed by atoms with E-state index < -0.39 is 0 Å². The van der Waals surface area contributed by atoms with Crippen LogP contribution >= 0.6 is 0 Å². The molecule has 1 rings (SSSR count). The summed E-state index contributed by atoms with van der Waals surface area (Å²) in [6.45, 7) is 10.7. The van der Waals surface area contributed by atoms with Crippen LogP contribution in [-0.4, -0.2) is 11.2 Å². The number of hydrogen-bond donors (Lipinski definition) is 1. The molecule has 0 aliphatic heterocycles. The predicted molar refractivity (Wildman–Crippen MR) is 56.6 cm³/mol. The van der Waals surface area contributed by atoms with Gasteiger partial charge in [-0.05, 0) is 37.5 Å². The molecule has 0 amide bonds. The second-order valence-electron chi connectivity index (χ2n) is 4.83. The van der Waals surface area contributed by atoms with Crippen LogP contribution in [0.1, 0.15) is 46.5 Å². The summed E-state index contributed by atoms with van der Waals surface area (Å²) in [5.74, 6) is 0.515. The SMILES string of the molecule is C=C(C)[C@H]1C[C@@H](O)CC[C@]1(C)CC. The van der Waals surface area contributed by atoms with Crippen LogP contribution in [0.3, 0.4) is 0 Å². The van der Waals surface area contributed by atoms with Crippen LogP contribution in [0, 0.1) is 11.3 Å². The zero-order valence-electron chi connectivity index (χ0n) is 9.14. The van der Waals surface area contributed by atoms with E-state index in [2.05, 4.69) is 27.4 Å². The third-order valence-corrected chi connectivity index (χ3v) is 3.80. The van der Waals surface area contributed by atoms with Crippen molar-refractivity contribution in [1.29, 1.82) is 0 Å². The largest absolute Gasteiger partial charge is 0.393 e. The Morgan fingerprint density at radius 2 is 2.23 bits per heavy atom. The van der Waals surface area contributed by atoms with E-state index in [1.807, 2.05) is 0 Å². The van der Waals surface area contributed by atoms with E-state index in [0.29, 0.717) is 11.3 Å². The van der Waals surface area contributed by atoms with Gasteiger partial charge in [0.1, 0.15) is 0 Å². The van der Waals surface area contributed by atoms with Crippen molar-refractivity contribution in [2.75, 3.05) is 0 Å². The van der Waals surface area contributed by atoms with Gasteiger partial charge in [-0.15, -0.1) is 0 Å². The minimum atomic E-state index is -0.0960. The van der Waals surface area contributed by atoms with Gasteiger partial charge in [-0.2, -0.15) is 0 Å². The van der Waals surface area contributed by atoms with Gasteiger partial charge in [0, 0.05) is 0 Å². The van der Waals surface area contributed by atoms with Crippen LogP contribution in [0.5, 0.6) is 0 Å². The summed E-state index contributed by atoms with van der Waals surface area (Å²) >= 11 is 0. The second-order valence-corrected chi connectivity index (χ2v) is 4.83. The molecular formula is C12H22O. The molecule has 1 saturated carbocycles. The molecule has 1 aliphatic carbocycles. The lowest BCUT2D eigenvalue weighted by molar-refractivity contribution is 0.0318. The molecule has 1 heteroatoms. The summed E-state index contributed by atoms with van der Waals surface area (Å²) in [6, 6.07) is 0. The summed E-state index contributed by atoms with van der Waals surface area (Å²) < 4.78 is 0. The molecule has 0 spiro atoms. The molecule has 1 nitrogen and oxygen atoms in total. The van der Waals surface area contributed by atoms with E-state index in [-0.39, 0.29) is 6.10 Å². The topological polar surface area (TPSA) is 20.2 Å². The maximum atomic E-state index is 9.62. The van der Waals surface area contributed by atoms with E-state index in [4.69, 9.17) is 0 Å². The molecular weight excluding hydrogens is 160 g/mol. The second kappa shape index (κ2) is 3.83. The molecule has 76 valence electrons. The molecule has 3 atom stereocenters. The predicted octanol–water partition coefficient (Wildman–Crippen LogP) is 3.14. The number of rotatable bonds is 2. The van der Waals surface area contributed by atoms with Gasteiger partial charge in [-0.1, -0.05) is 32.4 Å². The van der Waals surface area contributed by atoms with Crippen molar-refractivity contribution in [2.24, 2.45) is 11.3 Å². The van der Waals surface area contributed by atoms with E-state index >= 15 is 0 Å². The third-order valence-electron chi connectivity index (χ3n) is 3.80. The van der Waals surface area contributed by atoms with Crippen molar-refractivity contribution in [1.82, 2.24) is 0 Å². The Balaban J connectivity index is 2.77. The van der Waals surface area contributed by atoms with Gasteiger partial charge in [-0.3, -0.25) is 0 Å². The fraction of sp³-hybridized carbons (Fsp3) is 0.833. The highest BCUT2D eigenvalue weighted by Gasteiger charge is 2.38. The summed E-state index contributed by atoms with van der Waals surface area (Å²) in [4.78, 5) is 0. The van der Waals surface area contributed by atoms with E-state index in [1.165, 1.54) is 12.0 Å². The van der Waals surface area contributed by atoms with Crippen molar-refractivity contribution in [2.45, 2.75) is 52.6 Å². The van der Waals surface area contributed by atoms with Crippen LogP contribution in [-0.2, 0) is 0 Å². The fourth-order valence-corrected chi connectivity index (χ4v) is 2.56. The Kier molecular flexibility index (Phi) is 3.18. The highest BCUT2D eigenvalue weighted by Crippen LogP contribution is 2.46. The van der Waals surface area contributed by atoms with Gasteiger partial charge < -0.3 is 5.11 Å². The average Bonchev–Trinajstić information content (AvgIpc) is 2.09. The third kappa shape index (κ3) is 2.14. The molecule has 1 aliphatic rings. The minimum absolute atomic E-state index is 0.0960. The monoisotopic (exact) mass is 182 g/mol. The first-order valence-electron chi connectivity index (χ1n) is 5.33. The van der Waals surface area contributed by atoms with Crippen molar-refractivity contribution in [3.8, 4) is 0 Å². The first-order chi connectivity index (χ1) is 5.99. The molecule has 0 unspecified atom stereocenters. The van der Waals surface area contributed by atoms with Gasteiger partial charge in [-0.25, -0.2) is 0 Å². The lowest BCUT2D eigenvalue weighted by Gasteiger charge is -2.43. The maximum absolute atomic E-state index is 9.62. The van der Waals surface area contributed by atoms with Gasteiger partial charge in [0.2, 0.25) is 0 Å². The van der Waals surface area contributed by atoms with Crippen molar-refractivity contribution in [3.63, 3.8) is 0 Å². The molecule has 13 heavy (non-hydrogen) atoms. The van der Waals surface area contributed by atoms with Gasteiger partial charge in [0.25, 0.3) is 0 Å². The highest BCUT2D eigenvalue weighted by atomic mass is 16.3. The Morgan fingerprint density at radius 1 is 1.62 bits per heavy atom. The zero-order valence-corrected chi connectivity index (χ0v) is 9.14. The molecule has 0 aromatic heterocycles. The molecule has 0 heterocycles. The normalized spacial score (nSPS) is 40.3. The molecule has 0 aromatic carbocycles. The molecule has 1 fully saturated rings. The first-order valence-corrected chi connectivity index (χ1v) is 5.33. The minimum Gasteiger partial charge on any atom is -0.393 e. The maximum Gasteiger partial charge on any atom is 0.0546 e. The van der Waals surface area contributed by atoms with E-state index in [0.717, 1.165) is 19.3 Å². The summed E-state index contributed by atoms with van der Waals surface area (Å²) in [7, 11) is 0. The Labute approximate surface area is 81.9 Å². The van der Waals surface area contributed by atoms with Crippen LogP contribution in [0.25, 0.3) is 0 Å². The Bertz CT molecular complexity index is 197. The van der Waals surface area contributed by atoms with Gasteiger partial charge >= 0.3 is 0 Å². The van der Waals surface area contributed by atoms with Crippen LogP contribution < -0.4 is 0 Å². The van der Waals surface area contributed by atoms with Crippen molar-refractivity contribution < 1.29 is 5.11 Å². The summed E-state index contributed by atoms with van der Waals surface area (Å²) in [5, 5.41) is 9.62. The van der Waals surface area contributed by atoms with Crippen LogP contribution in [0.4, 0.5) is 0 Å². The molecule has 0 saturated heterocycles. The van der Waals surface area contributed by atoms with Gasteiger partial charge in [0.05, 0.1) is 6.10 Å². The first kappa shape index (κ1) is 10.8. The van der Waals surface area contributed by atoms with E-state index in [9.17, 15) is 5.11 Å². The summed E-state index contributed by atoms with van der Waals surface area (Å²) in [6.07, 6.45) is 4.12. The Hall–Kier alpha value is -0.300. The molecule has 1 N–H and O–H groups in total. The molecule has 0 radical (unpaired) electrons. The fourth-order valence-electron chi connectivity index (χ4n) is 2.56. The number of hydrogen-bond acceptors (Lipinski definition) is 1. The number of aliphatic hydroxyl groups is 1. The lowest BCUT2D eigenvalue weighted by atomic mass is 9.63. The molecule has 0 bridgehead atoms. The smallest absolute Gasteiger partial charge is 0.0546 e. The average molecular weight is 182 g/mol. The quantitative estimate of drug-likeness (QED) is 0.650. The Morgan fingerprint density at radius 3 is 2.69 bits per heavy atom.